The lowest BCUT2D eigenvalue weighted by atomic mass is 10.1. The smallest absolute Gasteiger partial charge is 0.438 e. The van der Waals surface area contributed by atoms with Crippen molar-refractivity contribution in [2.75, 3.05) is 14.2 Å². The first-order valence-corrected chi connectivity index (χ1v) is 8.80. The highest BCUT2D eigenvalue weighted by Crippen LogP contribution is 2.17. The van der Waals surface area contributed by atoms with E-state index in [1.807, 2.05) is 12.1 Å². The standard InChI is InChI=1S/C20H14O4.C3H6O3/c21-19(23-15-9-3-1-4-10-15)17-13-7-8-14-18(17)20(22)24-16-11-5-2-6-12-16;1-5-3(4)6-2/h1-14H;1-2H3. The molecule has 0 aliphatic heterocycles. The van der Waals surface area contributed by atoms with Crippen molar-refractivity contribution < 1.29 is 33.3 Å². The number of rotatable bonds is 4. The van der Waals surface area contributed by atoms with E-state index in [0.717, 1.165) is 0 Å². The SMILES string of the molecule is COC(=O)OC.O=C(Oc1ccccc1)c1ccccc1C(=O)Oc1ccccc1. The van der Waals surface area contributed by atoms with Crippen LogP contribution in [-0.4, -0.2) is 32.3 Å². The van der Waals surface area contributed by atoms with E-state index in [1.54, 1.807) is 60.7 Å². The lowest BCUT2D eigenvalue weighted by Gasteiger charge is -2.09. The zero-order valence-corrected chi connectivity index (χ0v) is 16.4. The summed E-state index contributed by atoms with van der Waals surface area (Å²) in [6.07, 6.45) is -0.657. The van der Waals surface area contributed by atoms with Gasteiger partial charge in [0, 0.05) is 0 Å². The van der Waals surface area contributed by atoms with Crippen LogP contribution in [0.5, 0.6) is 11.5 Å². The van der Waals surface area contributed by atoms with E-state index < -0.39 is 18.1 Å². The minimum Gasteiger partial charge on any atom is -0.438 e. The fourth-order valence-electron chi connectivity index (χ4n) is 2.22. The summed E-state index contributed by atoms with van der Waals surface area (Å²) in [4.78, 5) is 34.5. The predicted molar refractivity (Wildman–Crippen MR) is 109 cm³/mol. The Bertz CT molecular complexity index is 891. The normalized spacial score (nSPS) is 9.40. The highest BCUT2D eigenvalue weighted by Gasteiger charge is 2.20. The maximum Gasteiger partial charge on any atom is 0.507 e. The summed E-state index contributed by atoms with van der Waals surface area (Å²) in [6, 6.07) is 23.8. The van der Waals surface area contributed by atoms with Crippen molar-refractivity contribution in [2.45, 2.75) is 0 Å². The molecule has 0 atom stereocenters. The van der Waals surface area contributed by atoms with Gasteiger partial charge in [-0.15, -0.1) is 0 Å². The van der Waals surface area contributed by atoms with E-state index in [9.17, 15) is 14.4 Å². The van der Waals surface area contributed by atoms with E-state index in [0.29, 0.717) is 11.5 Å². The summed E-state index contributed by atoms with van der Waals surface area (Å²) in [6.45, 7) is 0. The minimum absolute atomic E-state index is 0.155. The first kappa shape index (κ1) is 22.2. The number of para-hydroxylation sites is 2. The van der Waals surface area contributed by atoms with Gasteiger partial charge in [-0.2, -0.15) is 0 Å². The number of hydrogen-bond donors (Lipinski definition) is 0. The summed E-state index contributed by atoms with van der Waals surface area (Å²) >= 11 is 0. The predicted octanol–water partition coefficient (Wildman–Crippen LogP) is 4.52. The van der Waals surface area contributed by atoms with Crippen LogP contribution < -0.4 is 9.47 Å². The number of ether oxygens (including phenoxy) is 4. The third-order valence-corrected chi connectivity index (χ3v) is 3.61. The van der Waals surface area contributed by atoms with Gasteiger partial charge in [0.05, 0.1) is 25.3 Å². The molecule has 0 spiro atoms. The molecule has 30 heavy (non-hydrogen) atoms. The van der Waals surface area contributed by atoms with Crippen molar-refractivity contribution >= 4 is 18.1 Å². The van der Waals surface area contributed by atoms with E-state index in [4.69, 9.17) is 9.47 Å². The molecular formula is C23H20O7. The largest absolute Gasteiger partial charge is 0.507 e. The first-order chi connectivity index (χ1) is 14.5. The van der Waals surface area contributed by atoms with Crippen molar-refractivity contribution in [3.05, 3.63) is 96.1 Å². The fraction of sp³-hybridized carbons (Fsp3) is 0.0870. The molecule has 0 saturated carbocycles. The summed E-state index contributed by atoms with van der Waals surface area (Å²) in [5.41, 5.74) is 0.310. The van der Waals surface area contributed by atoms with Crippen LogP contribution in [0.25, 0.3) is 0 Å². The van der Waals surface area contributed by atoms with Crippen molar-refractivity contribution in [2.24, 2.45) is 0 Å². The topological polar surface area (TPSA) is 88.1 Å². The van der Waals surface area contributed by atoms with Crippen molar-refractivity contribution in [1.82, 2.24) is 0 Å². The number of carbonyl (C=O) groups excluding carboxylic acids is 3. The van der Waals surface area contributed by atoms with Crippen LogP contribution in [0.15, 0.2) is 84.9 Å². The zero-order chi connectivity index (χ0) is 21.8. The van der Waals surface area contributed by atoms with Crippen molar-refractivity contribution in [3.63, 3.8) is 0 Å². The molecule has 0 unspecified atom stereocenters. The quantitative estimate of drug-likeness (QED) is 0.463. The van der Waals surface area contributed by atoms with Gasteiger partial charge in [0.1, 0.15) is 11.5 Å². The maximum absolute atomic E-state index is 12.4. The molecule has 7 nitrogen and oxygen atoms in total. The molecule has 0 bridgehead atoms. The lowest BCUT2D eigenvalue weighted by molar-refractivity contribution is 0.0692. The van der Waals surface area contributed by atoms with Crippen molar-refractivity contribution in [1.29, 1.82) is 0 Å². The monoisotopic (exact) mass is 408 g/mol. The molecule has 0 aromatic heterocycles. The Morgan fingerprint density at radius 3 is 1.17 bits per heavy atom. The molecule has 0 saturated heterocycles. The summed E-state index contributed by atoms with van der Waals surface area (Å²) in [5.74, 6) is -0.397. The Morgan fingerprint density at radius 2 is 0.867 bits per heavy atom. The molecular weight excluding hydrogens is 388 g/mol. The Labute approximate surface area is 173 Å². The van der Waals surface area contributed by atoms with E-state index in [1.165, 1.54) is 26.4 Å². The molecule has 3 aromatic carbocycles. The van der Waals surface area contributed by atoms with Gasteiger partial charge in [-0.3, -0.25) is 0 Å². The third-order valence-electron chi connectivity index (χ3n) is 3.61. The zero-order valence-electron chi connectivity index (χ0n) is 16.4. The van der Waals surface area contributed by atoms with E-state index in [-0.39, 0.29) is 11.1 Å². The lowest BCUT2D eigenvalue weighted by Crippen LogP contribution is -2.17. The van der Waals surface area contributed by atoms with Gasteiger partial charge in [0.2, 0.25) is 0 Å². The molecule has 0 fully saturated rings. The van der Waals surface area contributed by atoms with Crippen LogP contribution in [0.1, 0.15) is 20.7 Å². The highest BCUT2D eigenvalue weighted by molar-refractivity contribution is 6.04. The third kappa shape index (κ3) is 6.79. The summed E-state index contributed by atoms with van der Waals surface area (Å²) < 4.78 is 18.7. The Hall–Kier alpha value is -4.13. The fourth-order valence-corrected chi connectivity index (χ4v) is 2.22. The van der Waals surface area contributed by atoms with Crippen LogP contribution in [0.2, 0.25) is 0 Å². The maximum atomic E-state index is 12.4. The van der Waals surface area contributed by atoms with Gasteiger partial charge in [-0.1, -0.05) is 48.5 Å². The number of methoxy groups -OCH3 is 2. The van der Waals surface area contributed by atoms with Crippen LogP contribution >= 0.6 is 0 Å². The number of hydrogen-bond acceptors (Lipinski definition) is 7. The molecule has 0 radical (unpaired) electrons. The molecule has 0 aliphatic rings. The van der Waals surface area contributed by atoms with Crippen molar-refractivity contribution in [3.8, 4) is 11.5 Å². The highest BCUT2D eigenvalue weighted by atomic mass is 16.7. The van der Waals surface area contributed by atoms with Gasteiger partial charge < -0.3 is 18.9 Å². The Balaban J connectivity index is 0.000000469. The number of carbonyl (C=O) groups is 3. The average Bonchev–Trinajstić information content (AvgIpc) is 2.80. The van der Waals surface area contributed by atoms with Crippen LogP contribution in [0.3, 0.4) is 0 Å². The molecule has 3 aromatic rings. The molecule has 0 aliphatic carbocycles. The summed E-state index contributed by atoms with van der Waals surface area (Å²) in [5, 5.41) is 0. The molecule has 3 rings (SSSR count). The molecule has 0 N–H and O–H groups in total. The summed E-state index contributed by atoms with van der Waals surface area (Å²) in [7, 11) is 2.51. The van der Waals surface area contributed by atoms with Crippen LogP contribution in [-0.2, 0) is 9.47 Å². The Morgan fingerprint density at radius 1 is 0.533 bits per heavy atom. The Kier molecular flexibility index (Phi) is 8.61. The minimum atomic E-state index is -0.657. The van der Waals surface area contributed by atoms with E-state index >= 15 is 0 Å². The number of esters is 2. The van der Waals surface area contributed by atoms with Gasteiger partial charge >= 0.3 is 18.1 Å². The van der Waals surface area contributed by atoms with Gasteiger partial charge in [-0.05, 0) is 36.4 Å². The average molecular weight is 408 g/mol. The van der Waals surface area contributed by atoms with Gasteiger partial charge in [0.25, 0.3) is 0 Å². The second kappa shape index (κ2) is 11.7. The van der Waals surface area contributed by atoms with Crippen LogP contribution in [0, 0.1) is 0 Å². The number of benzene rings is 3. The van der Waals surface area contributed by atoms with Crippen LogP contribution in [0.4, 0.5) is 4.79 Å². The second-order valence-corrected chi connectivity index (χ2v) is 5.61. The molecule has 154 valence electrons. The molecule has 0 amide bonds. The van der Waals surface area contributed by atoms with Gasteiger partial charge in [-0.25, -0.2) is 14.4 Å². The second-order valence-electron chi connectivity index (χ2n) is 5.61. The molecule has 7 heteroatoms. The first-order valence-electron chi connectivity index (χ1n) is 8.80. The molecule has 0 heterocycles. The van der Waals surface area contributed by atoms with E-state index in [2.05, 4.69) is 9.47 Å². The van der Waals surface area contributed by atoms with Gasteiger partial charge in [0.15, 0.2) is 0 Å².